The molecule has 0 fully saturated rings. The molecule has 0 aromatic carbocycles. The van der Waals surface area contributed by atoms with Crippen LogP contribution in [-0.4, -0.2) is 44.9 Å². The molecule has 0 spiro atoms. The minimum Gasteiger partial charge on any atom is -0.354 e. The van der Waals surface area contributed by atoms with Crippen LogP contribution < -0.4 is 9.80 Å². The van der Waals surface area contributed by atoms with E-state index in [9.17, 15) is 0 Å². The molecular weight excluding hydrogens is 308 g/mol. The topological polar surface area (TPSA) is 58.0 Å². The van der Waals surface area contributed by atoms with Gasteiger partial charge >= 0.3 is 0 Å². The van der Waals surface area contributed by atoms with E-state index in [0.717, 1.165) is 63.5 Å². The number of nitrogens with zero attached hydrogens (tertiary/aromatic N) is 6. The van der Waals surface area contributed by atoms with Crippen LogP contribution in [0, 0.1) is 0 Å². The van der Waals surface area contributed by atoms with Gasteiger partial charge in [-0.2, -0.15) is 8.75 Å². The molecule has 6 nitrogen and oxygen atoms in total. The quantitative estimate of drug-likeness (QED) is 0.659. The predicted octanol–water partition coefficient (Wildman–Crippen LogP) is 3.73. The number of hydrogen-bond acceptors (Lipinski definition) is 7. The van der Waals surface area contributed by atoms with Gasteiger partial charge in [-0.05, 0) is 25.7 Å². The third-order valence-corrected chi connectivity index (χ3v) is 4.16. The first-order valence-electron chi connectivity index (χ1n) is 8.75. The fourth-order valence-electron chi connectivity index (χ4n) is 2.77. The molecule has 0 amide bonds. The molecule has 7 heteroatoms. The summed E-state index contributed by atoms with van der Waals surface area (Å²) in [5, 5.41) is 0. The SMILES string of the molecule is CCCN(CCC)c1nc2nsnc2nc1N(CCC)CCC. The Morgan fingerprint density at radius 3 is 1.30 bits per heavy atom. The number of fused-ring (bicyclic) bond motifs is 1. The maximum atomic E-state index is 4.82. The van der Waals surface area contributed by atoms with Crippen LogP contribution in [0.1, 0.15) is 53.4 Å². The molecule has 0 saturated carbocycles. The Kier molecular flexibility index (Phi) is 6.95. The summed E-state index contributed by atoms with van der Waals surface area (Å²) >= 11 is 1.19. The maximum absolute atomic E-state index is 4.82. The van der Waals surface area contributed by atoms with Crippen molar-refractivity contribution in [3.63, 3.8) is 0 Å². The molecule has 128 valence electrons. The van der Waals surface area contributed by atoms with Crippen molar-refractivity contribution in [3.05, 3.63) is 0 Å². The lowest BCUT2D eigenvalue weighted by atomic mass is 10.3. The third-order valence-electron chi connectivity index (χ3n) is 3.65. The Hall–Kier alpha value is -1.50. The Morgan fingerprint density at radius 1 is 0.652 bits per heavy atom. The van der Waals surface area contributed by atoms with E-state index in [1.54, 1.807) is 0 Å². The smallest absolute Gasteiger partial charge is 0.214 e. The van der Waals surface area contributed by atoms with Crippen LogP contribution in [0.3, 0.4) is 0 Å². The molecule has 0 aliphatic carbocycles. The van der Waals surface area contributed by atoms with Gasteiger partial charge in [0.15, 0.2) is 11.6 Å². The average Bonchev–Trinajstić information content (AvgIpc) is 3.00. The summed E-state index contributed by atoms with van der Waals surface area (Å²) in [7, 11) is 0. The zero-order chi connectivity index (χ0) is 16.7. The van der Waals surface area contributed by atoms with E-state index in [2.05, 4.69) is 46.2 Å². The molecule has 2 heterocycles. The number of hydrogen-bond donors (Lipinski definition) is 0. The highest BCUT2D eigenvalue weighted by Crippen LogP contribution is 2.28. The molecule has 2 aromatic heterocycles. The average molecular weight is 337 g/mol. The lowest BCUT2D eigenvalue weighted by molar-refractivity contribution is 0.707. The molecule has 0 saturated heterocycles. The molecule has 0 aliphatic heterocycles. The summed E-state index contributed by atoms with van der Waals surface area (Å²) in [5.74, 6) is 1.94. The summed E-state index contributed by atoms with van der Waals surface area (Å²) in [6.07, 6.45) is 4.37. The van der Waals surface area contributed by atoms with Crippen LogP contribution in [0.25, 0.3) is 11.3 Å². The van der Waals surface area contributed by atoms with Crippen LogP contribution in [0.5, 0.6) is 0 Å². The van der Waals surface area contributed by atoms with Crippen molar-refractivity contribution in [2.24, 2.45) is 0 Å². The van der Waals surface area contributed by atoms with Gasteiger partial charge in [-0.3, -0.25) is 0 Å². The molecule has 2 rings (SSSR count). The van der Waals surface area contributed by atoms with Crippen molar-refractivity contribution in [1.29, 1.82) is 0 Å². The molecule has 2 aromatic rings. The van der Waals surface area contributed by atoms with Gasteiger partial charge in [-0.25, -0.2) is 9.97 Å². The van der Waals surface area contributed by atoms with Gasteiger partial charge in [-0.15, -0.1) is 0 Å². The molecular formula is C16H28N6S. The van der Waals surface area contributed by atoms with Gasteiger partial charge in [0.05, 0.1) is 11.7 Å². The van der Waals surface area contributed by atoms with Crippen molar-refractivity contribution < 1.29 is 0 Å². The molecule has 23 heavy (non-hydrogen) atoms. The van der Waals surface area contributed by atoms with E-state index in [-0.39, 0.29) is 0 Å². The standard InChI is InChI=1S/C16H28N6S/c1-5-9-21(10-6-2)15-16(22(11-7-3)12-8-4)18-14-13(17-15)19-23-20-14/h5-12H2,1-4H3. The molecule has 0 unspecified atom stereocenters. The highest BCUT2D eigenvalue weighted by molar-refractivity contribution is 6.99. The Balaban J connectivity index is 2.50. The first-order chi connectivity index (χ1) is 11.2. The summed E-state index contributed by atoms with van der Waals surface area (Å²) in [4.78, 5) is 14.3. The van der Waals surface area contributed by atoms with E-state index in [0.29, 0.717) is 11.3 Å². The molecule has 0 aliphatic rings. The molecule has 0 atom stereocenters. The van der Waals surface area contributed by atoms with E-state index in [4.69, 9.17) is 9.97 Å². The van der Waals surface area contributed by atoms with Crippen molar-refractivity contribution in [2.75, 3.05) is 36.0 Å². The van der Waals surface area contributed by atoms with Gasteiger partial charge in [0.2, 0.25) is 11.3 Å². The normalized spacial score (nSPS) is 11.1. The second-order valence-electron chi connectivity index (χ2n) is 5.76. The van der Waals surface area contributed by atoms with Crippen molar-refractivity contribution in [2.45, 2.75) is 53.4 Å². The second kappa shape index (κ2) is 8.96. The molecule has 0 radical (unpaired) electrons. The second-order valence-corrected chi connectivity index (χ2v) is 6.28. The van der Waals surface area contributed by atoms with E-state index >= 15 is 0 Å². The summed E-state index contributed by atoms with van der Waals surface area (Å²) in [5.41, 5.74) is 1.33. The number of anilines is 2. The highest BCUT2D eigenvalue weighted by Gasteiger charge is 2.21. The van der Waals surface area contributed by atoms with Crippen LogP contribution >= 0.6 is 11.7 Å². The number of aromatic nitrogens is 4. The fraction of sp³-hybridized carbons (Fsp3) is 0.750. The van der Waals surface area contributed by atoms with Gasteiger partial charge < -0.3 is 9.80 Å². The summed E-state index contributed by atoms with van der Waals surface area (Å²) in [6.45, 7) is 12.8. The van der Waals surface area contributed by atoms with Crippen molar-refractivity contribution >= 4 is 34.7 Å². The Labute approximate surface area is 143 Å². The van der Waals surface area contributed by atoms with Gasteiger partial charge in [0.1, 0.15) is 0 Å². The Bertz CT molecular complexity index is 537. The van der Waals surface area contributed by atoms with Crippen molar-refractivity contribution in [3.8, 4) is 0 Å². The Morgan fingerprint density at radius 2 is 1.00 bits per heavy atom. The predicted molar refractivity (Wildman–Crippen MR) is 98.6 cm³/mol. The van der Waals surface area contributed by atoms with Crippen LogP contribution in [0.4, 0.5) is 11.6 Å². The highest BCUT2D eigenvalue weighted by atomic mass is 32.1. The number of rotatable bonds is 10. The minimum atomic E-state index is 0.666. The van der Waals surface area contributed by atoms with E-state index < -0.39 is 0 Å². The summed E-state index contributed by atoms with van der Waals surface area (Å²) in [6, 6.07) is 0. The zero-order valence-electron chi connectivity index (χ0n) is 14.7. The third kappa shape index (κ3) is 4.28. The first kappa shape index (κ1) is 17.8. The van der Waals surface area contributed by atoms with Gasteiger partial charge in [-0.1, -0.05) is 27.7 Å². The monoisotopic (exact) mass is 336 g/mol. The largest absolute Gasteiger partial charge is 0.354 e. The summed E-state index contributed by atoms with van der Waals surface area (Å²) < 4.78 is 8.57. The van der Waals surface area contributed by atoms with Crippen molar-refractivity contribution in [1.82, 2.24) is 18.7 Å². The van der Waals surface area contributed by atoms with E-state index in [1.165, 1.54) is 11.7 Å². The zero-order valence-corrected chi connectivity index (χ0v) is 15.6. The minimum absolute atomic E-state index is 0.666. The van der Waals surface area contributed by atoms with Crippen LogP contribution in [0.2, 0.25) is 0 Å². The first-order valence-corrected chi connectivity index (χ1v) is 9.48. The van der Waals surface area contributed by atoms with Crippen LogP contribution in [-0.2, 0) is 0 Å². The molecule has 0 bridgehead atoms. The maximum Gasteiger partial charge on any atom is 0.214 e. The lowest BCUT2D eigenvalue weighted by Crippen LogP contribution is -2.32. The van der Waals surface area contributed by atoms with E-state index in [1.807, 2.05) is 0 Å². The fourth-order valence-corrected chi connectivity index (χ4v) is 3.21. The van der Waals surface area contributed by atoms with Gasteiger partial charge in [0, 0.05) is 26.2 Å². The lowest BCUT2D eigenvalue weighted by Gasteiger charge is -2.29. The molecule has 0 N–H and O–H groups in total. The van der Waals surface area contributed by atoms with Gasteiger partial charge in [0.25, 0.3) is 0 Å². The van der Waals surface area contributed by atoms with Crippen LogP contribution in [0.15, 0.2) is 0 Å².